The molecule has 0 bridgehead atoms. The topological polar surface area (TPSA) is 42.7 Å². The van der Waals surface area contributed by atoms with Crippen molar-refractivity contribution in [3.63, 3.8) is 0 Å². The Morgan fingerprint density at radius 2 is 1.90 bits per heavy atom. The first-order valence-electron chi connectivity index (χ1n) is 7.07. The van der Waals surface area contributed by atoms with Gasteiger partial charge in [-0.15, -0.1) is 0 Å². The second kappa shape index (κ2) is 7.26. The second-order valence-corrected chi connectivity index (χ2v) is 5.46. The summed E-state index contributed by atoms with van der Waals surface area (Å²) in [5.41, 5.74) is 0.642. The lowest BCUT2D eigenvalue weighted by Crippen LogP contribution is -2.21. The molecule has 6 heteroatoms. The molecule has 21 heavy (non-hydrogen) atoms. The Balaban J connectivity index is 1.81. The molecule has 0 spiro atoms. The minimum atomic E-state index is -0.540. The summed E-state index contributed by atoms with van der Waals surface area (Å²) in [6, 6.07) is 3.59. The summed E-state index contributed by atoms with van der Waals surface area (Å²) < 4.78 is 28.0. The van der Waals surface area contributed by atoms with Crippen molar-refractivity contribution >= 4 is 0 Å². The van der Waals surface area contributed by atoms with Crippen LogP contribution in [0, 0.1) is 17.6 Å². The molecule has 1 N–H and O–H groups in total. The zero-order valence-corrected chi connectivity index (χ0v) is 12.3. The van der Waals surface area contributed by atoms with Gasteiger partial charge in [-0.25, -0.2) is 18.4 Å². The predicted octanol–water partition coefficient (Wildman–Crippen LogP) is 2.54. The van der Waals surface area contributed by atoms with Crippen LogP contribution in [0.2, 0.25) is 0 Å². The predicted molar refractivity (Wildman–Crippen MR) is 76.6 cm³/mol. The molecule has 1 aromatic heterocycles. The molecule has 0 saturated carbocycles. The Labute approximate surface area is 123 Å². The van der Waals surface area contributed by atoms with E-state index in [1.165, 1.54) is 12.1 Å². The van der Waals surface area contributed by atoms with Gasteiger partial charge in [-0.3, -0.25) is 0 Å². The van der Waals surface area contributed by atoms with Crippen LogP contribution < -0.4 is 5.32 Å². The molecule has 2 aromatic rings. The third-order valence-corrected chi connectivity index (χ3v) is 3.03. The van der Waals surface area contributed by atoms with Gasteiger partial charge < -0.3 is 5.32 Å². The van der Waals surface area contributed by atoms with Gasteiger partial charge in [0.25, 0.3) is 0 Å². The Bertz CT molecular complexity index is 561. The molecular weight excluding hydrogens is 274 g/mol. The summed E-state index contributed by atoms with van der Waals surface area (Å²) in [5.74, 6) is 0.290. The van der Waals surface area contributed by atoms with Crippen molar-refractivity contribution in [1.29, 1.82) is 0 Å². The van der Waals surface area contributed by atoms with Crippen LogP contribution in [0.5, 0.6) is 0 Å². The minimum Gasteiger partial charge on any atom is -0.310 e. The van der Waals surface area contributed by atoms with Crippen molar-refractivity contribution < 1.29 is 8.78 Å². The van der Waals surface area contributed by atoms with E-state index in [1.807, 2.05) is 4.68 Å². The largest absolute Gasteiger partial charge is 0.310 e. The van der Waals surface area contributed by atoms with E-state index < -0.39 is 11.6 Å². The summed E-state index contributed by atoms with van der Waals surface area (Å²) in [6.45, 7) is 6.28. The van der Waals surface area contributed by atoms with E-state index in [0.29, 0.717) is 31.0 Å². The molecule has 0 fully saturated rings. The van der Waals surface area contributed by atoms with E-state index in [9.17, 15) is 8.78 Å². The highest BCUT2D eigenvalue weighted by atomic mass is 19.1. The summed E-state index contributed by atoms with van der Waals surface area (Å²) in [5, 5.41) is 7.40. The van der Waals surface area contributed by atoms with Crippen LogP contribution >= 0.6 is 0 Å². The van der Waals surface area contributed by atoms with Crippen LogP contribution in [0.15, 0.2) is 24.5 Å². The maximum absolute atomic E-state index is 13.1. The van der Waals surface area contributed by atoms with Gasteiger partial charge in [-0.2, -0.15) is 5.10 Å². The molecule has 0 amide bonds. The summed E-state index contributed by atoms with van der Waals surface area (Å²) in [4.78, 5) is 4.21. The Morgan fingerprint density at radius 1 is 1.19 bits per heavy atom. The van der Waals surface area contributed by atoms with E-state index in [0.717, 1.165) is 18.4 Å². The molecule has 0 atom stereocenters. The van der Waals surface area contributed by atoms with E-state index >= 15 is 0 Å². The number of hydrogen-bond acceptors (Lipinski definition) is 3. The SMILES string of the molecule is CC(C)Cn1ncnc1CNCCc1cc(F)cc(F)c1. The van der Waals surface area contributed by atoms with Crippen molar-refractivity contribution in [1.82, 2.24) is 20.1 Å². The third kappa shape index (κ3) is 4.90. The summed E-state index contributed by atoms with van der Waals surface area (Å²) in [6.07, 6.45) is 2.11. The highest BCUT2D eigenvalue weighted by Crippen LogP contribution is 2.08. The molecular formula is C15H20F2N4. The lowest BCUT2D eigenvalue weighted by Gasteiger charge is -2.09. The molecule has 0 saturated heterocycles. The van der Waals surface area contributed by atoms with Crippen molar-refractivity contribution in [2.75, 3.05) is 6.54 Å². The van der Waals surface area contributed by atoms with Crippen LogP contribution in [-0.4, -0.2) is 21.3 Å². The second-order valence-electron chi connectivity index (χ2n) is 5.46. The Morgan fingerprint density at radius 3 is 2.57 bits per heavy atom. The van der Waals surface area contributed by atoms with Gasteiger partial charge in [0.15, 0.2) is 0 Å². The van der Waals surface area contributed by atoms with Gasteiger partial charge in [0.2, 0.25) is 0 Å². The standard InChI is InChI=1S/C15H20F2N4/c1-11(2)9-21-15(19-10-20-21)8-18-4-3-12-5-13(16)7-14(17)6-12/h5-7,10-11,18H,3-4,8-9H2,1-2H3. The zero-order chi connectivity index (χ0) is 15.2. The van der Waals surface area contributed by atoms with Gasteiger partial charge in [-0.05, 0) is 36.6 Å². The summed E-state index contributed by atoms with van der Waals surface area (Å²) in [7, 11) is 0. The van der Waals surface area contributed by atoms with E-state index in [2.05, 4.69) is 29.2 Å². The fourth-order valence-corrected chi connectivity index (χ4v) is 2.11. The van der Waals surface area contributed by atoms with Crippen LogP contribution in [-0.2, 0) is 19.5 Å². The van der Waals surface area contributed by atoms with Gasteiger partial charge in [0.1, 0.15) is 23.8 Å². The number of nitrogens with one attached hydrogen (secondary N) is 1. The van der Waals surface area contributed by atoms with Gasteiger partial charge in [-0.1, -0.05) is 13.8 Å². The van der Waals surface area contributed by atoms with E-state index in [1.54, 1.807) is 6.33 Å². The number of aromatic nitrogens is 3. The molecule has 0 radical (unpaired) electrons. The maximum Gasteiger partial charge on any atom is 0.140 e. The number of hydrogen-bond donors (Lipinski definition) is 1. The maximum atomic E-state index is 13.1. The molecule has 114 valence electrons. The molecule has 0 aliphatic heterocycles. The highest BCUT2D eigenvalue weighted by molar-refractivity contribution is 5.18. The number of rotatable bonds is 7. The first-order valence-corrected chi connectivity index (χ1v) is 7.07. The highest BCUT2D eigenvalue weighted by Gasteiger charge is 2.06. The van der Waals surface area contributed by atoms with E-state index in [-0.39, 0.29) is 0 Å². The number of halogens is 2. The lowest BCUT2D eigenvalue weighted by atomic mass is 10.1. The number of benzene rings is 1. The molecule has 0 aliphatic rings. The van der Waals surface area contributed by atoms with Gasteiger partial charge >= 0.3 is 0 Å². The van der Waals surface area contributed by atoms with Gasteiger partial charge in [0.05, 0.1) is 6.54 Å². The van der Waals surface area contributed by atoms with Crippen molar-refractivity contribution in [2.24, 2.45) is 5.92 Å². The first-order chi connectivity index (χ1) is 10.0. The third-order valence-electron chi connectivity index (χ3n) is 3.03. The van der Waals surface area contributed by atoms with Crippen molar-refractivity contribution in [2.45, 2.75) is 33.4 Å². The average molecular weight is 294 g/mol. The molecule has 0 aliphatic carbocycles. The molecule has 0 unspecified atom stereocenters. The normalized spacial score (nSPS) is 11.3. The monoisotopic (exact) mass is 294 g/mol. The first kappa shape index (κ1) is 15.6. The average Bonchev–Trinajstić information content (AvgIpc) is 2.80. The molecule has 2 rings (SSSR count). The quantitative estimate of drug-likeness (QED) is 0.798. The van der Waals surface area contributed by atoms with Crippen LogP contribution in [0.4, 0.5) is 8.78 Å². The minimum absolute atomic E-state index is 0.501. The molecule has 4 nitrogen and oxygen atoms in total. The van der Waals surface area contributed by atoms with Crippen molar-refractivity contribution in [3.8, 4) is 0 Å². The molecule has 1 heterocycles. The summed E-state index contributed by atoms with van der Waals surface area (Å²) >= 11 is 0. The Hall–Kier alpha value is -1.82. The van der Waals surface area contributed by atoms with Crippen molar-refractivity contribution in [3.05, 3.63) is 47.5 Å². The van der Waals surface area contributed by atoms with Crippen LogP contribution in [0.1, 0.15) is 25.2 Å². The smallest absolute Gasteiger partial charge is 0.140 e. The Kier molecular flexibility index (Phi) is 5.38. The zero-order valence-electron chi connectivity index (χ0n) is 12.3. The lowest BCUT2D eigenvalue weighted by molar-refractivity contribution is 0.458. The van der Waals surface area contributed by atoms with Crippen LogP contribution in [0.3, 0.4) is 0 Å². The fraction of sp³-hybridized carbons (Fsp3) is 0.467. The van der Waals surface area contributed by atoms with Crippen LogP contribution in [0.25, 0.3) is 0 Å². The van der Waals surface area contributed by atoms with E-state index in [4.69, 9.17) is 0 Å². The molecule has 1 aromatic carbocycles. The number of nitrogens with zero attached hydrogens (tertiary/aromatic N) is 3. The van der Waals surface area contributed by atoms with Gasteiger partial charge in [0, 0.05) is 12.6 Å². The fourth-order valence-electron chi connectivity index (χ4n) is 2.11.